The quantitative estimate of drug-likeness (QED) is 0.613. The van der Waals surface area contributed by atoms with Gasteiger partial charge in [0, 0.05) is 17.2 Å². The van der Waals surface area contributed by atoms with Gasteiger partial charge in [-0.3, -0.25) is 10.1 Å². The molecule has 0 spiro atoms. The number of methoxy groups -OCH3 is 1. The molecule has 0 aliphatic carbocycles. The van der Waals surface area contributed by atoms with Crippen LogP contribution < -0.4 is 4.74 Å². The van der Waals surface area contributed by atoms with Crippen LogP contribution in [0.1, 0.15) is 5.56 Å². The van der Waals surface area contributed by atoms with Gasteiger partial charge in [-0.2, -0.15) is 0 Å². The number of halogens is 1. The monoisotopic (exact) mass is 303 g/mol. The van der Waals surface area contributed by atoms with Crippen molar-refractivity contribution in [1.29, 1.82) is 0 Å². The molecule has 0 N–H and O–H groups in total. The predicted octanol–water partition coefficient (Wildman–Crippen LogP) is 1.86. The molecule has 0 aromatic carbocycles. The van der Waals surface area contributed by atoms with Gasteiger partial charge in [-0.25, -0.2) is 4.98 Å². The average molecular weight is 304 g/mol. The number of likely N-dealkylation sites (N-methyl/N-ethyl adjacent to an activating group) is 1. The minimum absolute atomic E-state index is 0.0481. The summed E-state index contributed by atoms with van der Waals surface area (Å²) in [4.78, 5) is 16.4. The van der Waals surface area contributed by atoms with E-state index in [9.17, 15) is 10.1 Å². The van der Waals surface area contributed by atoms with Gasteiger partial charge in [-0.15, -0.1) is 0 Å². The van der Waals surface area contributed by atoms with E-state index < -0.39 is 4.92 Å². The molecule has 0 amide bonds. The Labute approximate surface area is 108 Å². The molecular weight excluding hydrogens is 290 g/mol. The highest BCUT2D eigenvalue weighted by atomic mass is 79.9. The molecule has 0 radical (unpaired) electrons. The van der Waals surface area contributed by atoms with Crippen molar-refractivity contribution >= 4 is 21.6 Å². The van der Waals surface area contributed by atoms with Crippen molar-refractivity contribution in [2.75, 3.05) is 27.7 Å². The highest BCUT2D eigenvalue weighted by Crippen LogP contribution is 2.33. The van der Waals surface area contributed by atoms with Crippen molar-refractivity contribution in [3.8, 4) is 5.88 Å². The van der Waals surface area contributed by atoms with Crippen LogP contribution in [0.3, 0.4) is 0 Å². The number of nitrogens with zero attached hydrogens (tertiary/aromatic N) is 3. The number of rotatable bonds is 5. The molecule has 17 heavy (non-hydrogen) atoms. The summed E-state index contributed by atoms with van der Waals surface area (Å²) in [5.74, 6) is 0.0481. The van der Waals surface area contributed by atoms with Crippen molar-refractivity contribution in [2.45, 2.75) is 6.42 Å². The van der Waals surface area contributed by atoms with E-state index >= 15 is 0 Å². The van der Waals surface area contributed by atoms with Crippen LogP contribution in [-0.4, -0.2) is 42.6 Å². The maximum Gasteiger partial charge on any atom is 0.335 e. The topological polar surface area (TPSA) is 68.5 Å². The summed E-state index contributed by atoms with van der Waals surface area (Å²) >= 11 is 3.29. The summed E-state index contributed by atoms with van der Waals surface area (Å²) in [5, 5.41) is 11.0. The molecule has 0 fully saturated rings. The van der Waals surface area contributed by atoms with Crippen molar-refractivity contribution < 1.29 is 9.66 Å². The second-order valence-corrected chi connectivity index (χ2v) is 4.61. The molecule has 0 saturated carbocycles. The van der Waals surface area contributed by atoms with Crippen LogP contribution in [-0.2, 0) is 6.42 Å². The first-order chi connectivity index (χ1) is 7.97. The lowest BCUT2D eigenvalue weighted by Gasteiger charge is -2.11. The summed E-state index contributed by atoms with van der Waals surface area (Å²) < 4.78 is 5.55. The minimum atomic E-state index is -0.457. The normalized spacial score (nSPS) is 10.6. The fourth-order valence-corrected chi connectivity index (χ4v) is 1.90. The molecule has 94 valence electrons. The lowest BCUT2D eigenvalue weighted by molar-refractivity contribution is -0.386. The van der Waals surface area contributed by atoms with Crippen LogP contribution in [0.4, 0.5) is 5.69 Å². The Hall–Kier alpha value is -1.21. The first kappa shape index (κ1) is 13.9. The summed E-state index contributed by atoms with van der Waals surface area (Å²) in [6, 6.07) is 0. The molecule has 1 aromatic rings. The van der Waals surface area contributed by atoms with Crippen LogP contribution in [0.5, 0.6) is 5.88 Å². The zero-order valence-electron chi connectivity index (χ0n) is 9.94. The van der Waals surface area contributed by atoms with E-state index in [1.54, 1.807) is 0 Å². The van der Waals surface area contributed by atoms with Crippen LogP contribution in [0, 0.1) is 10.1 Å². The second-order valence-electron chi connectivity index (χ2n) is 3.75. The molecule has 0 atom stereocenters. The zero-order chi connectivity index (χ0) is 13.0. The fourth-order valence-electron chi connectivity index (χ4n) is 1.41. The molecule has 0 saturated heterocycles. The highest BCUT2D eigenvalue weighted by Gasteiger charge is 2.24. The SMILES string of the molecule is COc1ncc(Br)c(CCN(C)C)c1[N+](=O)[O-]. The van der Waals surface area contributed by atoms with Crippen LogP contribution in [0.15, 0.2) is 10.7 Å². The van der Waals surface area contributed by atoms with E-state index in [4.69, 9.17) is 4.74 Å². The Morgan fingerprint density at radius 3 is 2.71 bits per heavy atom. The highest BCUT2D eigenvalue weighted by molar-refractivity contribution is 9.10. The predicted molar refractivity (Wildman–Crippen MR) is 67.4 cm³/mol. The molecule has 6 nitrogen and oxygen atoms in total. The maximum absolute atomic E-state index is 11.0. The van der Waals surface area contributed by atoms with Crippen LogP contribution >= 0.6 is 15.9 Å². The third kappa shape index (κ3) is 3.37. The first-order valence-electron chi connectivity index (χ1n) is 4.97. The van der Waals surface area contributed by atoms with Gasteiger partial charge in [0.2, 0.25) is 0 Å². The summed E-state index contributed by atoms with van der Waals surface area (Å²) in [5.41, 5.74) is 0.541. The van der Waals surface area contributed by atoms with Crippen molar-refractivity contribution in [3.63, 3.8) is 0 Å². The van der Waals surface area contributed by atoms with Gasteiger partial charge < -0.3 is 9.64 Å². The van der Waals surface area contributed by atoms with Crippen LogP contribution in [0.2, 0.25) is 0 Å². The minimum Gasteiger partial charge on any atom is -0.476 e. The third-order valence-corrected chi connectivity index (χ3v) is 2.94. The molecule has 1 rings (SSSR count). The van der Waals surface area contributed by atoms with E-state index in [-0.39, 0.29) is 11.6 Å². The zero-order valence-corrected chi connectivity index (χ0v) is 11.5. The Bertz CT molecular complexity index is 424. The number of aromatic nitrogens is 1. The average Bonchev–Trinajstić information content (AvgIpc) is 2.26. The summed E-state index contributed by atoms with van der Waals surface area (Å²) in [6.45, 7) is 0.715. The molecular formula is C10H14BrN3O3. The Balaban J connectivity index is 3.19. The fraction of sp³-hybridized carbons (Fsp3) is 0.500. The summed E-state index contributed by atoms with van der Waals surface area (Å²) in [6.07, 6.45) is 2.08. The first-order valence-corrected chi connectivity index (χ1v) is 5.77. The van der Waals surface area contributed by atoms with Gasteiger partial charge >= 0.3 is 5.69 Å². The van der Waals surface area contributed by atoms with Gasteiger partial charge in [0.15, 0.2) is 0 Å². The van der Waals surface area contributed by atoms with E-state index in [1.165, 1.54) is 13.3 Å². The van der Waals surface area contributed by atoms with E-state index in [2.05, 4.69) is 20.9 Å². The Morgan fingerprint density at radius 1 is 1.59 bits per heavy atom. The second kappa shape index (κ2) is 5.92. The molecule has 0 aliphatic heterocycles. The number of ether oxygens (including phenoxy) is 1. The van der Waals surface area contributed by atoms with Crippen molar-refractivity contribution in [1.82, 2.24) is 9.88 Å². The molecule has 0 unspecified atom stereocenters. The van der Waals surface area contributed by atoms with E-state index in [0.717, 1.165) is 0 Å². The third-order valence-electron chi connectivity index (χ3n) is 2.26. The standard InChI is InChI=1S/C10H14BrN3O3/c1-13(2)5-4-7-8(11)6-12-10(17-3)9(7)14(15)16/h6H,4-5H2,1-3H3. The van der Waals surface area contributed by atoms with E-state index in [1.807, 2.05) is 19.0 Å². The lowest BCUT2D eigenvalue weighted by Crippen LogP contribution is -2.16. The van der Waals surface area contributed by atoms with Gasteiger partial charge in [-0.05, 0) is 36.4 Å². The summed E-state index contributed by atoms with van der Waals surface area (Å²) in [7, 11) is 5.20. The van der Waals surface area contributed by atoms with Crippen molar-refractivity contribution in [2.24, 2.45) is 0 Å². The molecule has 1 heterocycles. The number of hydrogen-bond donors (Lipinski definition) is 0. The largest absolute Gasteiger partial charge is 0.476 e. The maximum atomic E-state index is 11.0. The Kier molecular flexibility index (Phi) is 4.83. The van der Waals surface area contributed by atoms with Crippen LogP contribution in [0.25, 0.3) is 0 Å². The molecule has 0 bridgehead atoms. The molecule has 7 heteroatoms. The number of pyridine rings is 1. The van der Waals surface area contributed by atoms with Gasteiger partial charge in [0.1, 0.15) is 0 Å². The molecule has 1 aromatic heterocycles. The van der Waals surface area contributed by atoms with Gasteiger partial charge in [0.25, 0.3) is 5.88 Å². The smallest absolute Gasteiger partial charge is 0.335 e. The number of nitro groups is 1. The molecule has 0 aliphatic rings. The number of hydrogen-bond acceptors (Lipinski definition) is 5. The van der Waals surface area contributed by atoms with Gasteiger partial charge in [-0.1, -0.05) is 0 Å². The van der Waals surface area contributed by atoms with Gasteiger partial charge in [0.05, 0.1) is 17.6 Å². The Morgan fingerprint density at radius 2 is 2.24 bits per heavy atom. The lowest BCUT2D eigenvalue weighted by atomic mass is 10.1. The van der Waals surface area contributed by atoms with E-state index in [0.29, 0.717) is 23.0 Å². The van der Waals surface area contributed by atoms with Crippen molar-refractivity contribution in [3.05, 3.63) is 26.3 Å².